The lowest BCUT2D eigenvalue weighted by atomic mass is 10.1. The second kappa shape index (κ2) is 4.01. The van der Waals surface area contributed by atoms with Crippen molar-refractivity contribution in [1.29, 1.82) is 0 Å². The molecule has 1 saturated heterocycles. The summed E-state index contributed by atoms with van der Waals surface area (Å²) < 4.78 is 0. The SMILES string of the molecule is CC(=O)CCCCCC1(C)NN1. The Bertz CT molecular complexity index is 164. The van der Waals surface area contributed by atoms with Crippen LogP contribution < -0.4 is 10.9 Å². The van der Waals surface area contributed by atoms with Gasteiger partial charge in [0.25, 0.3) is 0 Å². The van der Waals surface area contributed by atoms with Crippen LogP contribution >= 0.6 is 0 Å². The average Bonchev–Trinajstić information content (AvgIpc) is 2.67. The Kier molecular flexibility index (Phi) is 3.23. The average molecular weight is 170 g/mol. The van der Waals surface area contributed by atoms with Crippen LogP contribution in [0.4, 0.5) is 0 Å². The first kappa shape index (κ1) is 9.68. The summed E-state index contributed by atoms with van der Waals surface area (Å²) in [6, 6.07) is 0. The van der Waals surface area contributed by atoms with E-state index in [1.54, 1.807) is 6.92 Å². The van der Waals surface area contributed by atoms with Crippen molar-refractivity contribution in [3.63, 3.8) is 0 Å². The Morgan fingerprint density at radius 3 is 2.42 bits per heavy atom. The van der Waals surface area contributed by atoms with E-state index in [1.807, 2.05) is 0 Å². The van der Waals surface area contributed by atoms with Gasteiger partial charge in [0.1, 0.15) is 5.78 Å². The zero-order valence-corrected chi connectivity index (χ0v) is 7.94. The standard InChI is InChI=1S/C9H18N2O/c1-8(12)6-4-3-5-7-9(2)10-11-9/h10-11H,3-7H2,1-2H3. The largest absolute Gasteiger partial charge is 0.300 e. The van der Waals surface area contributed by atoms with E-state index < -0.39 is 0 Å². The van der Waals surface area contributed by atoms with E-state index in [0.717, 1.165) is 19.3 Å². The molecule has 3 nitrogen and oxygen atoms in total. The van der Waals surface area contributed by atoms with Gasteiger partial charge in [-0.05, 0) is 26.7 Å². The van der Waals surface area contributed by atoms with Crippen LogP contribution in [0.1, 0.15) is 46.0 Å². The summed E-state index contributed by atoms with van der Waals surface area (Å²) in [7, 11) is 0. The van der Waals surface area contributed by atoms with Crippen molar-refractivity contribution in [2.75, 3.05) is 0 Å². The Balaban J connectivity index is 1.86. The third kappa shape index (κ3) is 3.83. The van der Waals surface area contributed by atoms with Crippen LogP contribution in [0.5, 0.6) is 0 Å². The predicted molar refractivity (Wildman–Crippen MR) is 48.4 cm³/mol. The molecule has 0 unspecified atom stereocenters. The lowest BCUT2D eigenvalue weighted by Gasteiger charge is -2.03. The fraction of sp³-hybridized carbons (Fsp3) is 0.889. The lowest BCUT2D eigenvalue weighted by Crippen LogP contribution is -2.10. The first-order chi connectivity index (χ1) is 5.62. The molecule has 0 bridgehead atoms. The van der Waals surface area contributed by atoms with E-state index in [-0.39, 0.29) is 5.66 Å². The fourth-order valence-electron chi connectivity index (χ4n) is 1.26. The van der Waals surface area contributed by atoms with Crippen LogP contribution in [0.25, 0.3) is 0 Å². The molecule has 0 spiro atoms. The van der Waals surface area contributed by atoms with Gasteiger partial charge in [0.2, 0.25) is 0 Å². The zero-order chi connectivity index (χ0) is 9.03. The maximum absolute atomic E-state index is 10.6. The highest BCUT2D eigenvalue weighted by Gasteiger charge is 2.34. The number of ketones is 1. The number of hydrogen-bond donors (Lipinski definition) is 2. The number of hydrazine groups is 1. The highest BCUT2D eigenvalue weighted by molar-refractivity contribution is 5.75. The molecule has 0 aromatic rings. The van der Waals surface area contributed by atoms with E-state index >= 15 is 0 Å². The summed E-state index contributed by atoms with van der Waals surface area (Å²) >= 11 is 0. The predicted octanol–water partition coefficient (Wildman–Crippen LogP) is 1.35. The molecule has 0 amide bonds. The summed E-state index contributed by atoms with van der Waals surface area (Å²) in [4.78, 5) is 10.6. The van der Waals surface area contributed by atoms with Gasteiger partial charge >= 0.3 is 0 Å². The van der Waals surface area contributed by atoms with Gasteiger partial charge in [-0.2, -0.15) is 0 Å². The van der Waals surface area contributed by atoms with Crippen molar-refractivity contribution < 1.29 is 4.79 Å². The quantitative estimate of drug-likeness (QED) is 0.467. The molecule has 1 rings (SSSR count). The number of carbonyl (C=O) groups is 1. The van der Waals surface area contributed by atoms with E-state index in [4.69, 9.17) is 0 Å². The van der Waals surface area contributed by atoms with E-state index in [0.29, 0.717) is 5.78 Å². The van der Waals surface area contributed by atoms with Crippen molar-refractivity contribution in [3.05, 3.63) is 0 Å². The highest BCUT2D eigenvalue weighted by atomic mass is 16.1. The molecule has 70 valence electrons. The fourth-order valence-corrected chi connectivity index (χ4v) is 1.26. The molecule has 12 heavy (non-hydrogen) atoms. The molecule has 1 heterocycles. The third-order valence-corrected chi connectivity index (χ3v) is 2.26. The smallest absolute Gasteiger partial charge is 0.129 e. The molecule has 0 aromatic carbocycles. The molecule has 1 aliphatic rings. The summed E-state index contributed by atoms with van der Waals surface area (Å²) in [5, 5.41) is 0. The second-order valence-electron chi connectivity index (χ2n) is 3.84. The molecule has 0 radical (unpaired) electrons. The van der Waals surface area contributed by atoms with Crippen LogP contribution in [0.15, 0.2) is 0 Å². The van der Waals surface area contributed by atoms with Crippen molar-refractivity contribution in [1.82, 2.24) is 10.9 Å². The van der Waals surface area contributed by atoms with Crippen LogP contribution in [-0.4, -0.2) is 11.4 Å². The number of Topliss-reactive ketones (excluding diaryl/α,β-unsaturated/α-hetero) is 1. The maximum Gasteiger partial charge on any atom is 0.129 e. The first-order valence-corrected chi connectivity index (χ1v) is 4.66. The van der Waals surface area contributed by atoms with E-state index in [1.165, 1.54) is 12.8 Å². The van der Waals surface area contributed by atoms with E-state index in [9.17, 15) is 4.79 Å². The second-order valence-corrected chi connectivity index (χ2v) is 3.84. The molecule has 0 saturated carbocycles. The minimum atomic E-state index is 0.205. The normalized spacial score (nSPS) is 19.2. The summed E-state index contributed by atoms with van der Waals surface area (Å²) in [6.07, 6.45) is 5.32. The zero-order valence-electron chi connectivity index (χ0n) is 7.94. The Morgan fingerprint density at radius 1 is 1.25 bits per heavy atom. The Labute approximate surface area is 73.9 Å². The summed E-state index contributed by atoms with van der Waals surface area (Å²) in [5.41, 5.74) is 6.39. The van der Waals surface area contributed by atoms with Crippen molar-refractivity contribution in [3.8, 4) is 0 Å². The van der Waals surface area contributed by atoms with Crippen LogP contribution in [-0.2, 0) is 4.79 Å². The van der Waals surface area contributed by atoms with Crippen LogP contribution in [0.3, 0.4) is 0 Å². The lowest BCUT2D eigenvalue weighted by molar-refractivity contribution is -0.117. The van der Waals surface area contributed by atoms with Crippen molar-refractivity contribution in [2.45, 2.75) is 51.6 Å². The van der Waals surface area contributed by atoms with Crippen molar-refractivity contribution >= 4 is 5.78 Å². The van der Waals surface area contributed by atoms with Gasteiger partial charge in [-0.3, -0.25) is 0 Å². The molecule has 0 atom stereocenters. The Hall–Kier alpha value is -0.410. The molecule has 0 aliphatic carbocycles. The minimum absolute atomic E-state index is 0.205. The van der Waals surface area contributed by atoms with Gasteiger partial charge in [0.15, 0.2) is 0 Å². The van der Waals surface area contributed by atoms with Gasteiger partial charge in [-0.1, -0.05) is 12.8 Å². The topological polar surface area (TPSA) is 61.0 Å². The van der Waals surface area contributed by atoms with Gasteiger partial charge in [-0.15, -0.1) is 0 Å². The highest BCUT2D eigenvalue weighted by Crippen LogP contribution is 2.18. The van der Waals surface area contributed by atoms with Crippen LogP contribution in [0.2, 0.25) is 0 Å². The number of rotatable bonds is 6. The molecular weight excluding hydrogens is 152 g/mol. The number of carbonyl (C=O) groups excluding carboxylic acids is 1. The van der Waals surface area contributed by atoms with E-state index in [2.05, 4.69) is 17.8 Å². The summed E-state index contributed by atoms with van der Waals surface area (Å²) in [6.45, 7) is 3.81. The Morgan fingerprint density at radius 2 is 1.92 bits per heavy atom. The number of hydrogen-bond acceptors (Lipinski definition) is 3. The van der Waals surface area contributed by atoms with Crippen molar-refractivity contribution in [2.24, 2.45) is 0 Å². The van der Waals surface area contributed by atoms with Gasteiger partial charge < -0.3 is 4.79 Å². The van der Waals surface area contributed by atoms with Gasteiger partial charge in [-0.25, -0.2) is 10.9 Å². The monoisotopic (exact) mass is 170 g/mol. The minimum Gasteiger partial charge on any atom is -0.300 e. The number of unbranched alkanes of at least 4 members (excludes halogenated alkanes) is 2. The van der Waals surface area contributed by atoms with Gasteiger partial charge in [0, 0.05) is 6.42 Å². The van der Waals surface area contributed by atoms with Gasteiger partial charge in [0.05, 0.1) is 5.66 Å². The maximum atomic E-state index is 10.6. The summed E-state index contributed by atoms with van der Waals surface area (Å²) in [5.74, 6) is 0.309. The molecule has 2 N–H and O–H groups in total. The number of nitrogens with one attached hydrogen (secondary N) is 2. The molecule has 1 fully saturated rings. The third-order valence-electron chi connectivity index (χ3n) is 2.26. The molecule has 1 aliphatic heterocycles. The molecule has 0 aromatic heterocycles. The molecular formula is C9H18N2O. The molecule has 3 heteroatoms. The first-order valence-electron chi connectivity index (χ1n) is 4.66. The van der Waals surface area contributed by atoms with Crippen LogP contribution in [0, 0.1) is 0 Å².